The maximum absolute atomic E-state index is 12.9. The van der Waals surface area contributed by atoms with Crippen LogP contribution in [0.3, 0.4) is 0 Å². The number of carboxylic acid groups (broad SMARTS) is 1. The van der Waals surface area contributed by atoms with Crippen LogP contribution < -0.4 is 0 Å². The number of hydrogen-bond acceptors (Lipinski definition) is 4. The molecule has 1 N–H and O–H groups in total. The van der Waals surface area contributed by atoms with Crippen LogP contribution in [0.4, 0.5) is 0 Å². The number of benzene rings is 1. The van der Waals surface area contributed by atoms with E-state index in [1.54, 1.807) is 29.2 Å². The van der Waals surface area contributed by atoms with Crippen molar-refractivity contribution in [3.63, 3.8) is 0 Å². The lowest BCUT2D eigenvalue weighted by molar-refractivity contribution is -0.142. The van der Waals surface area contributed by atoms with Crippen molar-refractivity contribution in [1.82, 2.24) is 19.7 Å². The van der Waals surface area contributed by atoms with Crippen LogP contribution in [0.1, 0.15) is 29.6 Å². The van der Waals surface area contributed by atoms with Crippen LogP contribution in [0.5, 0.6) is 0 Å². The number of carbonyl (C=O) groups excluding carboxylic acids is 1. The maximum Gasteiger partial charge on any atom is 0.326 e. The van der Waals surface area contributed by atoms with E-state index in [2.05, 4.69) is 10.1 Å². The third-order valence-corrected chi connectivity index (χ3v) is 5.18. The smallest absolute Gasteiger partial charge is 0.326 e. The zero-order valence-electron chi connectivity index (χ0n) is 13.1. The van der Waals surface area contributed by atoms with Crippen molar-refractivity contribution in [1.29, 1.82) is 0 Å². The molecule has 2 aliphatic rings. The zero-order valence-corrected chi connectivity index (χ0v) is 13.1. The van der Waals surface area contributed by atoms with Crippen molar-refractivity contribution in [2.45, 2.75) is 25.3 Å². The Labute approximate surface area is 138 Å². The Kier molecular flexibility index (Phi) is 3.55. The molecule has 0 bridgehead atoms. The SMILES string of the molecule is O=C(O)C1C2CCCC2CN1C(=O)c1cccc(-n2cncn2)c1. The number of aliphatic carboxylic acids is 1. The van der Waals surface area contributed by atoms with E-state index in [4.69, 9.17) is 0 Å². The molecule has 1 aromatic carbocycles. The van der Waals surface area contributed by atoms with Crippen molar-refractivity contribution in [2.75, 3.05) is 6.54 Å². The van der Waals surface area contributed by atoms with Gasteiger partial charge in [-0.3, -0.25) is 4.79 Å². The van der Waals surface area contributed by atoms with Crippen molar-refractivity contribution in [2.24, 2.45) is 11.8 Å². The van der Waals surface area contributed by atoms with Gasteiger partial charge in [-0.25, -0.2) is 14.5 Å². The number of nitrogens with zero attached hydrogens (tertiary/aromatic N) is 4. The molecule has 1 aliphatic carbocycles. The van der Waals surface area contributed by atoms with Crippen LogP contribution in [0.15, 0.2) is 36.9 Å². The van der Waals surface area contributed by atoms with Gasteiger partial charge in [0.15, 0.2) is 0 Å². The first-order valence-corrected chi connectivity index (χ1v) is 8.14. The highest BCUT2D eigenvalue weighted by atomic mass is 16.4. The third-order valence-electron chi connectivity index (χ3n) is 5.18. The standard InChI is InChI=1S/C17H18N4O3/c22-16(11-3-1-5-13(7-11)21-10-18-9-19-21)20-8-12-4-2-6-14(12)15(20)17(23)24/h1,3,5,7,9-10,12,14-15H,2,4,6,8H2,(H,23,24). The maximum atomic E-state index is 12.9. The molecule has 4 rings (SSSR count). The Hall–Kier alpha value is -2.70. The summed E-state index contributed by atoms with van der Waals surface area (Å²) in [6.45, 7) is 0.536. The van der Waals surface area contributed by atoms with Gasteiger partial charge in [0, 0.05) is 12.1 Å². The molecule has 2 aromatic rings. The fourth-order valence-electron chi connectivity index (χ4n) is 4.12. The van der Waals surface area contributed by atoms with Gasteiger partial charge in [0.2, 0.25) is 0 Å². The van der Waals surface area contributed by atoms with Crippen LogP contribution >= 0.6 is 0 Å². The van der Waals surface area contributed by atoms with Crippen LogP contribution in [0.2, 0.25) is 0 Å². The van der Waals surface area contributed by atoms with E-state index in [0.717, 1.165) is 24.9 Å². The summed E-state index contributed by atoms with van der Waals surface area (Å²) in [6, 6.07) is 6.34. The van der Waals surface area contributed by atoms with E-state index in [9.17, 15) is 14.7 Å². The highest BCUT2D eigenvalue weighted by Gasteiger charge is 2.49. The Morgan fingerprint density at radius 3 is 2.88 bits per heavy atom. The Bertz CT molecular complexity index is 774. The van der Waals surface area contributed by atoms with E-state index in [0.29, 0.717) is 18.0 Å². The first-order valence-electron chi connectivity index (χ1n) is 8.14. The Morgan fingerprint density at radius 2 is 2.12 bits per heavy atom. The second-order valence-corrected chi connectivity index (χ2v) is 6.49. The van der Waals surface area contributed by atoms with Gasteiger partial charge in [-0.15, -0.1) is 0 Å². The Morgan fingerprint density at radius 1 is 1.25 bits per heavy atom. The summed E-state index contributed by atoms with van der Waals surface area (Å²) < 4.78 is 1.57. The van der Waals surface area contributed by atoms with E-state index in [1.165, 1.54) is 11.2 Å². The largest absolute Gasteiger partial charge is 0.480 e. The predicted molar refractivity (Wildman–Crippen MR) is 84.7 cm³/mol. The molecular formula is C17H18N4O3. The number of aromatic nitrogens is 3. The van der Waals surface area contributed by atoms with Crippen LogP contribution in [0.25, 0.3) is 5.69 Å². The molecule has 3 atom stereocenters. The molecule has 7 heteroatoms. The van der Waals surface area contributed by atoms with Crippen LogP contribution in [0, 0.1) is 11.8 Å². The molecular weight excluding hydrogens is 308 g/mol. The van der Waals surface area contributed by atoms with Crippen molar-refractivity contribution in [3.8, 4) is 5.69 Å². The van der Waals surface area contributed by atoms with Gasteiger partial charge in [0.25, 0.3) is 5.91 Å². The van der Waals surface area contributed by atoms with Gasteiger partial charge in [0.05, 0.1) is 5.69 Å². The minimum atomic E-state index is -0.898. The molecule has 1 aromatic heterocycles. The number of fused-ring (bicyclic) bond motifs is 1. The normalized spacial score (nSPS) is 25.7. The van der Waals surface area contributed by atoms with Gasteiger partial charge >= 0.3 is 5.97 Å². The van der Waals surface area contributed by atoms with Gasteiger partial charge in [-0.2, -0.15) is 5.10 Å². The number of carboxylic acids is 1. The molecule has 0 spiro atoms. The van der Waals surface area contributed by atoms with E-state index in [1.807, 2.05) is 6.07 Å². The molecule has 2 heterocycles. The summed E-state index contributed by atoms with van der Waals surface area (Å²) in [6.07, 6.45) is 5.95. The number of hydrogen-bond donors (Lipinski definition) is 1. The first kappa shape index (κ1) is 14.9. The topological polar surface area (TPSA) is 88.3 Å². The predicted octanol–water partition coefficient (Wildman–Crippen LogP) is 1.59. The second kappa shape index (κ2) is 5.74. The van der Waals surface area contributed by atoms with E-state index >= 15 is 0 Å². The third kappa shape index (κ3) is 2.36. The average molecular weight is 326 g/mol. The summed E-state index contributed by atoms with van der Waals surface area (Å²) in [5, 5.41) is 13.7. The zero-order chi connectivity index (χ0) is 16.7. The molecule has 24 heavy (non-hydrogen) atoms. The van der Waals surface area contributed by atoms with Crippen molar-refractivity contribution < 1.29 is 14.7 Å². The molecule has 0 radical (unpaired) electrons. The molecule has 124 valence electrons. The van der Waals surface area contributed by atoms with Crippen molar-refractivity contribution >= 4 is 11.9 Å². The molecule has 1 aliphatic heterocycles. The molecule has 3 unspecified atom stereocenters. The quantitative estimate of drug-likeness (QED) is 0.925. The lowest BCUT2D eigenvalue weighted by Gasteiger charge is -2.24. The number of likely N-dealkylation sites (tertiary alicyclic amines) is 1. The highest BCUT2D eigenvalue weighted by molar-refractivity contribution is 5.97. The minimum absolute atomic E-state index is 0.0879. The van der Waals surface area contributed by atoms with Crippen LogP contribution in [-0.4, -0.2) is 49.2 Å². The lowest BCUT2D eigenvalue weighted by atomic mass is 9.94. The summed E-state index contributed by atoms with van der Waals surface area (Å²) in [5.41, 5.74) is 1.21. The monoisotopic (exact) mass is 326 g/mol. The fourth-order valence-corrected chi connectivity index (χ4v) is 4.12. The number of amides is 1. The van der Waals surface area contributed by atoms with Gasteiger partial charge < -0.3 is 10.0 Å². The summed E-state index contributed by atoms with van der Waals surface area (Å²) in [7, 11) is 0. The van der Waals surface area contributed by atoms with Gasteiger partial charge in [-0.05, 0) is 42.9 Å². The van der Waals surface area contributed by atoms with Gasteiger partial charge in [-0.1, -0.05) is 12.5 Å². The highest BCUT2D eigenvalue weighted by Crippen LogP contribution is 2.42. The molecule has 7 nitrogen and oxygen atoms in total. The summed E-state index contributed by atoms with van der Waals surface area (Å²) in [5.74, 6) is -0.720. The second-order valence-electron chi connectivity index (χ2n) is 6.49. The van der Waals surface area contributed by atoms with Gasteiger partial charge in [0.1, 0.15) is 18.7 Å². The summed E-state index contributed by atoms with van der Waals surface area (Å²) in [4.78, 5) is 30.1. The first-order chi connectivity index (χ1) is 11.6. The fraction of sp³-hybridized carbons (Fsp3) is 0.412. The number of carbonyl (C=O) groups is 2. The lowest BCUT2D eigenvalue weighted by Crippen LogP contribution is -2.43. The molecule has 1 amide bonds. The van der Waals surface area contributed by atoms with E-state index in [-0.39, 0.29) is 11.8 Å². The number of rotatable bonds is 3. The Balaban J connectivity index is 1.64. The minimum Gasteiger partial charge on any atom is -0.480 e. The van der Waals surface area contributed by atoms with Crippen molar-refractivity contribution in [3.05, 3.63) is 42.5 Å². The molecule has 2 fully saturated rings. The molecule has 1 saturated carbocycles. The molecule has 1 saturated heterocycles. The van der Waals surface area contributed by atoms with E-state index < -0.39 is 12.0 Å². The average Bonchev–Trinajstić information content (AvgIpc) is 3.30. The van der Waals surface area contributed by atoms with Crippen LogP contribution in [-0.2, 0) is 4.79 Å². The summed E-state index contributed by atoms with van der Waals surface area (Å²) >= 11 is 0.